The smallest absolute Gasteiger partial charge is 0.232 e. The van der Waals surface area contributed by atoms with Crippen molar-refractivity contribution < 1.29 is 19.4 Å². The molecule has 1 N–H and O–H groups in total. The summed E-state index contributed by atoms with van der Waals surface area (Å²) in [6.07, 6.45) is 0. The first kappa shape index (κ1) is 13.7. The van der Waals surface area contributed by atoms with Crippen LogP contribution in [-0.2, 0) is 4.79 Å². The van der Waals surface area contributed by atoms with Gasteiger partial charge in [-0.2, -0.15) is 0 Å². The Hall–Kier alpha value is -1.75. The number of nitrogens with zero attached hydrogens (tertiary/aromatic N) is 1. The Bertz CT molecular complexity index is 473. The highest BCUT2D eigenvalue weighted by Crippen LogP contribution is 2.35. The van der Waals surface area contributed by atoms with Crippen molar-refractivity contribution in [1.82, 2.24) is 0 Å². The fourth-order valence-electron chi connectivity index (χ4n) is 2.04. The second-order valence-corrected chi connectivity index (χ2v) is 4.97. The van der Waals surface area contributed by atoms with Crippen molar-refractivity contribution >= 4 is 11.6 Å². The van der Waals surface area contributed by atoms with E-state index in [1.807, 2.05) is 13.8 Å². The average molecular weight is 265 g/mol. The molecule has 0 spiro atoms. The van der Waals surface area contributed by atoms with Gasteiger partial charge in [-0.05, 0) is 18.1 Å². The van der Waals surface area contributed by atoms with E-state index >= 15 is 0 Å². The fourth-order valence-corrected chi connectivity index (χ4v) is 2.04. The number of aliphatic hydroxyl groups is 1. The summed E-state index contributed by atoms with van der Waals surface area (Å²) in [6.45, 7) is 3.91. The van der Waals surface area contributed by atoms with E-state index in [0.717, 1.165) is 5.69 Å². The van der Waals surface area contributed by atoms with Crippen molar-refractivity contribution in [2.45, 2.75) is 13.8 Å². The molecule has 104 valence electrons. The number of benzene rings is 1. The first-order valence-electron chi connectivity index (χ1n) is 6.32. The number of anilines is 1. The maximum atomic E-state index is 12.3. The van der Waals surface area contributed by atoms with Crippen LogP contribution in [0.15, 0.2) is 18.2 Å². The van der Waals surface area contributed by atoms with Gasteiger partial charge in [0, 0.05) is 18.8 Å². The summed E-state index contributed by atoms with van der Waals surface area (Å²) in [5.74, 6) is 0.926. The molecule has 0 aromatic heterocycles. The summed E-state index contributed by atoms with van der Waals surface area (Å²) in [5.41, 5.74) is 0.730. The molecule has 19 heavy (non-hydrogen) atoms. The zero-order chi connectivity index (χ0) is 14.0. The van der Waals surface area contributed by atoms with E-state index in [1.165, 1.54) is 0 Å². The second-order valence-electron chi connectivity index (χ2n) is 4.97. The maximum absolute atomic E-state index is 12.3. The quantitative estimate of drug-likeness (QED) is 0.899. The Balaban J connectivity index is 2.19. The van der Waals surface area contributed by atoms with Gasteiger partial charge in [-0.3, -0.25) is 4.79 Å². The third-order valence-electron chi connectivity index (χ3n) is 3.39. The molecule has 5 nitrogen and oxygen atoms in total. The maximum Gasteiger partial charge on any atom is 0.232 e. The third kappa shape index (κ3) is 2.66. The second kappa shape index (κ2) is 5.48. The highest BCUT2D eigenvalue weighted by molar-refractivity contribution is 5.95. The number of fused-ring (bicyclic) bond motifs is 1. The molecule has 1 amide bonds. The van der Waals surface area contributed by atoms with Crippen LogP contribution in [0.25, 0.3) is 0 Å². The van der Waals surface area contributed by atoms with Crippen LogP contribution in [0.4, 0.5) is 5.69 Å². The molecule has 1 unspecified atom stereocenters. The molecule has 1 atom stereocenters. The van der Waals surface area contributed by atoms with Crippen LogP contribution in [0.2, 0.25) is 0 Å². The highest BCUT2D eigenvalue weighted by Gasteiger charge is 2.26. The first-order valence-corrected chi connectivity index (χ1v) is 6.32. The zero-order valence-electron chi connectivity index (χ0n) is 11.4. The zero-order valence-corrected chi connectivity index (χ0v) is 11.4. The van der Waals surface area contributed by atoms with Crippen LogP contribution in [0.1, 0.15) is 13.8 Å². The molecule has 0 bridgehead atoms. The predicted molar refractivity (Wildman–Crippen MR) is 71.4 cm³/mol. The molecule has 1 aliphatic rings. The molecule has 1 heterocycles. The summed E-state index contributed by atoms with van der Waals surface area (Å²) in [4.78, 5) is 13.9. The highest BCUT2D eigenvalue weighted by atomic mass is 16.7. The van der Waals surface area contributed by atoms with Crippen LogP contribution < -0.4 is 14.4 Å². The molecular formula is C14H19NO4. The minimum Gasteiger partial charge on any atom is -0.454 e. The molecular weight excluding hydrogens is 246 g/mol. The van der Waals surface area contributed by atoms with Gasteiger partial charge < -0.3 is 19.5 Å². The van der Waals surface area contributed by atoms with Crippen molar-refractivity contribution in [3.8, 4) is 11.5 Å². The Morgan fingerprint density at radius 2 is 2.05 bits per heavy atom. The van der Waals surface area contributed by atoms with Gasteiger partial charge in [0.05, 0.1) is 12.5 Å². The molecule has 0 radical (unpaired) electrons. The van der Waals surface area contributed by atoms with Crippen molar-refractivity contribution in [3.05, 3.63) is 18.2 Å². The standard InChI is InChI=1S/C14H19NO4/c1-9(2)11(7-16)14(17)15(3)10-4-5-12-13(6-10)19-8-18-12/h4-6,9,11,16H,7-8H2,1-3H3. The van der Waals surface area contributed by atoms with E-state index < -0.39 is 5.92 Å². The summed E-state index contributed by atoms with van der Waals surface area (Å²) in [5, 5.41) is 9.33. The van der Waals surface area contributed by atoms with Crippen LogP contribution in [-0.4, -0.2) is 31.5 Å². The fraction of sp³-hybridized carbons (Fsp3) is 0.500. The van der Waals surface area contributed by atoms with Crippen molar-refractivity contribution in [2.75, 3.05) is 25.3 Å². The lowest BCUT2D eigenvalue weighted by atomic mass is 9.95. The van der Waals surface area contributed by atoms with Gasteiger partial charge in [0.2, 0.25) is 12.7 Å². The van der Waals surface area contributed by atoms with Crippen LogP contribution >= 0.6 is 0 Å². The SMILES string of the molecule is CC(C)C(CO)C(=O)N(C)c1ccc2c(c1)OCO2. The lowest BCUT2D eigenvalue weighted by Gasteiger charge is -2.25. The van der Waals surface area contributed by atoms with Crippen molar-refractivity contribution in [1.29, 1.82) is 0 Å². The molecule has 2 rings (SSSR count). The normalized spacial score (nSPS) is 14.6. The molecule has 5 heteroatoms. The van der Waals surface area contributed by atoms with E-state index in [9.17, 15) is 9.90 Å². The Labute approximate surface area is 112 Å². The topological polar surface area (TPSA) is 59.0 Å². The van der Waals surface area contributed by atoms with Gasteiger partial charge in [-0.25, -0.2) is 0 Å². The molecule has 0 saturated heterocycles. The third-order valence-corrected chi connectivity index (χ3v) is 3.39. The van der Waals surface area contributed by atoms with Gasteiger partial charge in [0.1, 0.15) is 0 Å². The summed E-state index contributed by atoms with van der Waals surface area (Å²) in [6, 6.07) is 5.36. The van der Waals surface area contributed by atoms with Gasteiger partial charge in [0.25, 0.3) is 0 Å². The van der Waals surface area contributed by atoms with Gasteiger partial charge in [0.15, 0.2) is 11.5 Å². The van der Waals surface area contributed by atoms with Gasteiger partial charge in [-0.15, -0.1) is 0 Å². The average Bonchev–Trinajstić information content (AvgIpc) is 2.85. The van der Waals surface area contributed by atoms with Gasteiger partial charge >= 0.3 is 0 Å². The number of carbonyl (C=O) groups is 1. The van der Waals surface area contributed by atoms with Gasteiger partial charge in [-0.1, -0.05) is 13.8 Å². The summed E-state index contributed by atoms with van der Waals surface area (Å²) >= 11 is 0. The minimum absolute atomic E-state index is 0.0916. The number of rotatable bonds is 4. The van der Waals surface area contributed by atoms with E-state index in [0.29, 0.717) is 11.5 Å². The number of hydrogen-bond donors (Lipinski definition) is 1. The van der Waals surface area contributed by atoms with E-state index in [1.54, 1.807) is 30.1 Å². The Morgan fingerprint density at radius 3 is 2.68 bits per heavy atom. The first-order chi connectivity index (χ1) is 9.04. The van der Waals surface area contributed by atoms with E-state index in [2.05, 4.69) is 0 Å². The Morgan fingerprint density at radius 1 is 1.37 bits per heavy atom. The molecule has 1 aliphatic heterocycles. The summed E-state index contributed by atoms with van der Waals surface area (Å²) < 4.78 is 10.5. The van der Waals surface area contributed by atoms with Crippen LogP contribution in [0, 0.1) is 11.8 Å². The molecule has 0 aliphatic carbocycles. The van der Waals surface area contributed by atoms with Crippen molar-refractivity contribution in [2.24, 2.45) is 11.8 Å². The number of ether oxygens (including phenoxy) is 2. The molecule has 1 aromatic rings. The molecule has 1 aromatic carbocycles. The van der Waals surface area contributed by atoms with Crippen LogP contribution in [0.5, 0.6) is 11.5 Å². The minimum atomic E-state index is -0.393. The monoisotopic (exact) mass is 265 g/mol. The summed E-state index contributed by atoms with van der Waals surface area (Å²) in [7, 11) is 1.70. The molecule has 0 saturated carbocycles. The number of aliphatic hydroxyl groups excluding tert-OH is 1. The predicted octanol–water partition coefficient (Wildman–Crippen LogP) is 1.64. The van der Waals surface area contributed by atoms with Crippen LogP contribution in [0.3, 0.4) is 0 Å². The number of amides is 1. The van der Waals surface area contributed by atoms with Crippen molar-refractivity contribution in [3.63, 3.8) is 0 Å². The number of hydrogen-bond acceptors (Lipinski definition) is 4. The lowest BCUT2D eigenvalue weighted by Crippen LogP contribution is -2.37. The lowest BCUT2D eigenvalue weighted by molar-refractivity contribution is -0.124. The van der Waals surface area contributed by atoms with E-state index in [4.69, 9.17) is 9.47 Å². The van der Waals surface area contributed by atoms with E-state index in [-0.39, 0.29) is 25.2 Å². The molecule has 0 fully saturated rings. The number of carbonyl (C=O) groups excluding carboxylic acids is 1. The Kier molecular flexibility index (Phi) is 3.95. The largest absolute Gasteiger partial charge is 0.454 e.